The molecule has 0 spiro atoms. The molecule has 0 saturated carbocycles. The van der Waals surface area contributed by atoms with Crippen LogP contribution in [-0.4, -0.2) is 39.1 Å². The number of likely N-dealkylation sites (N-methyl/N-ethyl adjacent to an activating group) is 1. The molecule has 0 aromatic carbocycles. The molecule has 0 aromatic rings. The summed E-state index contributed by atoms with van der Waals surface area (Å²) in [7, 11) is 0.638. The number of methoxy groups -OCH3 is 1. The van der Waals surface area contributed by atoms with Gasteiger partial charge in [0.05, 0.1) is 6.61 Å². The van der Waals surface area contributed by atoms with E-state index in [2.05, 4.69) is 38.1 Å². The highest BCUT2D eigenvalue weighted by Crippen LogP contribution is 2.15. The van der Waals surface area contributed by atoms with Crippen molar-refractivity contribution in [2.45, 2.75) is 46.0 Å². The normalized spacial score (nSPS) is 15.0. The van der Waals surface area contributed by atoms with Gasteiger partial charge in [0.2, 0.25) is 0 Å². The van der Waals surface area contributed by atoms with Crippen LogP contribution in [0, 0.1) is 0 Å². The molecule has 0 heterocycles. The van der Waals surface area contributed by atoms with Crippen molar-refractivity contribution < 1.29 is 4.74 Å². The smallest absolute Gasteiger partial charge is 0.119 e. The maximum absolute atomic E-state index is 5.25. The third-order valence-corrected chi connectivity index (χ3v) is 4.88. The number of hydrogen-bond acceptors (Lipinski definition) is 2. The Morgan fingerprint density at radius 3 is 2.00 bits per heavy atom. The summed E-state index contributed by atoms with van der Waals surface area (Å²) in [5.41, 5.74) is 0. The summed E-state index contributed by atoms with van der Waals surface area (Å²) in [6, 6.07) is 0.613. The molecule has 3 heteroatoms. The third kappa shape index (κ3) is 4.25. The van der Waals surface area contributed by atoms with Crippen molar-refractivity contribution in [3.8, 4) is 0 Å². The molecule has 0 N–H and O–H groups in total. The fraction of sp³-hybridized carbons (Fsp3) is 1.00. The minimum absolute atomic E-state index is 0.613. The molecule has 0 aliphatic rings. The van der Waals surface area contributed by atoms with Crippen LogP contribution in [0.1, 0.15) is 20.3 Å². The lowest BCUT2D eigenvalue weighted by molar-refractivity contribution is 0.129. The van der Waals surface area contributed by atoms with E-state index in [1.165, 1.54) is 6.42 Å². The summed E-state index contributed by atoms with van der Waals surface area (Å²) in [5.74, 6) is 0. The van der Waals surface area contributed by atoms with E-state index in [1.54, 1.807) is 7.11 Å². The Morgan fingerprint density at radius 1 is 1.23 bits per heavy atom. The first-order chi connectivity index (χ1) is 5.97. The lowest BCUT2D eigenvalue weighted by Crippen LogP contribution is -2.53. The van der Waals surface area contributed by atoms with Crippen LogP contribution in [0.15, 0.2) is 0 Å². The van der Waals surface area contributed by atoms with E-state index in [4.69, 9.17) is 4.74 Å². The van der Waals surface area contributed by atoms with Gasteiger partial charge < -0.3 is 9.30 Å². The lowest BCUT2D eigenvalue weighted by atomic mass is 10.2. The maximum atomic E-state index is 5.25. The summed E-state index contributed by atoms with van der Waals surface area (Å²) in [6.45, 7) is 13.7. The van der Waals surface area contributed by atoms with E-state index in [0.717, 1.165) is 13.2 Å². The fourth-order valence-corrected chi connectivity index (χ4v) is 4.20. The zero-order valence-corrected chi connectivity index (χ0v) is 11.1. The Morgan fingerprint density at radius 2 is 1.77 bits per heavy atom. The van der Waals surface area contributed by atoms with E-state index in [0.29, 0.717) is 6.04 Å². The van der Waals surface area contributed by atoms with Crippen molar-refractivity contribution in [1.82, 2.24) is 4.57 Å². The second-order valence-corrected chi connectivity index (χ2v) is 9.39. The van der Waals surface area contributed by atoms with Crippen LogP contribution < -0.4 is 0 Å². The zero-order chi connectivity index (χ0) is 10.5. The van der Waals surface area contributed by atoms with E-state index in [1.807, 2.05) is 0 Å². The molecule has 0 rings (SSSR count). The maximum Gasteiger partial charge on any atom is 0.119 e. The molecule has 0 aromatic heterocycles. The van der Waals surface area contributed by atoms with Gasteiger partial charge >= 0.3 is 0 Å². The van der Waals surface area contributed by atoms with Crippen LogP contribution in [0.2, 0.25) is 19.6 Å². The Balaban J connectivity index is 4.34. The predicted molar refractivity (Wildman–Crippen MR) is 61.7 cm³/mol. The highest BCUT2D eigenvalue weighted by molar-refractivity contribution is 6.73. The third-order valence-electron chi connectivity index (χ3n) is 2.47. The van der Waals surface area contributed by atoms with Gasteiger partial charge in [-0.2, -0.15) is 0 Å². The Labute approximate surface area is 84.4 Å². The van der Waals surface area contributed by atoms with E-state index < -0.39 is 8.24 Å². The molecule has 0 saturated heterocycles. The molecule has 13 heavy (non-hydrogen) atoms. The Hall–Kier alpha value is 0.137. The van der Waals surface area contributed by atoms with E-state index in [-0.39, 0.29) is 0 Å². The van der Waals surface area contributed by atoms with Crippen molar-refractivity contribution in [3.63, 3.8) is 0 Å². The van der Waals surface area contributed by atoms with Crippen LogP contribution in [0.3, 0.4) is 0 Å². The Kier molecular flexibility index (Phi) is 5.84. The Bertz CT molecular complexity index is 133. The molecule has 0 bridgehead atoms. The first kappa shape index (κ1) is 13.1. The predicted octanol–water partition coefficient (Wildman–Crippen LogP) is 2.57. The zero-order valence-electron chi connectivity index (χ0n) is 10.1. The highest BCUT2D eigenvalue weighted by atomic mass is 28.3. The molecule has 2 nitrogen and oxygen atoms in total. The van der Waals surface area contributed by atoms with Gasteiger partial charge in [0.25, 0.3) is 0 Å². The molecular weight excluding hydrogens is 178 g/mol. The van der Waals surface area contributed by atoms with Crippen molar-refractivity contribution in [3.05, 3.63) is 0 Å². The van der Waals surface area contributed by atoms with Gasteiger partial charge in [-0.15, -0.1) is 0 Å². The molecule has 0 aliphatic heterocycles. The second kappa shape index (κ2) is 5.78. The molecule has 1 atom stereocenters. The van der Waals surface area contributed by atoms with Crippen LogP contribution in [0.25, 0.3) is 0 Å². The van der Waals surface area contributed by atoms with Crippen molar-refractivity contribution in [1.29, 1.82) is 0 Å². The van der Waals surface area contributed by atoms with E-state index >= 15 is 0 Å². The minimum Gasteiger partial charge on any atom is -0.383 e. The lowest BCUT2D eigenvalue weighted by Gasteiger charge is -2.39. The topological polar surface area (TPSA) is 12.5 Å². The fourth-order valence-electron chi connectivity index (χ4n) is 1.90. The molecule has 0 fully saturated rings. The molecule has 1 unspecified atom stereocenters. The van der Waals surface area contributed by atoms with Gasteiger partial charge in [0, 0.05) is 13.2 Å². The molecule has 0 amide bonds. The van der Waals surface area contributed by atoms with Gasteiger partial charge in [-0.3, -0.25) is 0 Å². The molecule has 80 valence electrons. The summed E-state index contributed by atoms with van der Waals surface area (Å²) >= 11 is 0. The molecular formula is C10H25NOSi. The standard InChI is InChI=1S/C10H25NOSi/c1-7-10(9-12-3)11(8-2)13(4,5)6/h10H,7-9H2,1-6H3. The van der Waals surface area contributed by atoms with Crippen LogP contribution in [0.5, 0.6) is 0 Å². The van der Waals surface area contributed by atoms with Crippen molar-refractivity contribution in [2.24, 2.45) is 0 Å². The number of ether oxygens (including phenoxy) is 1. The van der Waals surface area contributed by atoms with Crippen LogP contribution in [0.4, 0.5) is 0 Å². The monoisotopic (exact) mass is 203 g/mol. The largest absolute Gasteiger partial charge is 0.383 e. The average molecular weight is 203 g/mol. The van der Waals surface area contributed by atoms with Gasteiger partial charge in [0.15, 0.2) is 0 Å². The average Bonchev–Trinajstić information content (AvgIpc) is 2.01. The number of hydrogen-bond donors (Lipinski definition) is 0. The van der Waals surface area contributed by atoms with Gasteiger partial charge in [0.1, 0.15) is 8.24 Å². The summed E-state index contributed by atoms with van der Waals surface area (Å²) in [6.07, 6.45) is 1.19. The van der Waals surface area contributed by atoms with Crippen LogP contribution >= 0.6 is 0 Å². The molecule has 0 aliphatic carbocycles. The van der Waals surface area contributed by atoms with Gasteiger partial charge in [-0.1, -0.05) is 33.5 Å². The summed E-state index contributed by atoms with van der Waals surface area (Å²) in [4.78, 5) is 0. The molecule has 0 radical (unpaired) electrons. The van der Waals surface area contributed by atoms with E-state index in [9.17, 15) is 0 Å². The van der Waals surface area contributed by atoms with Crippen LogP contribution in [-0.2, 0) is 4.74 Å². The van der Waals surface area contributed by atoms with Crippen molar-refractivity contribution in [2.75, 3.05) is 20.3 Å². The number of nitrogens with zero attached hydrogens (tertiary/aromatic N) is 1. The SMILES string of the molecule is CCC(COC)N(CC)[Si](C)(C)C. The number of rotatable bonds is 6. The first-order valence-electron chi connectivity index (χ1n) is 5.23. The highest BCUT2D eigenvalue weighted by Gasteiger charge is 2.27. The summed E-state index contributed by atoms with van der Waals surface area (Å²) < 4.78 is 7.89. The quantitative estimate of drug-likeness (QED) is 0.615. The van der Waals surface area contributed by atoms with Gasteiger partial charge in [-0.25, -0.2) is 0 Å². The summed E-state index contributed by atoms with van der Waals surface area (Å²) in [5, 5.41) is 0. The van der Waals surface area contributed by atoms with Gasteiger partial charge in [-0.05, 0) is 13.0 Å². The minimum atomic E-state index is -1.15. The van der Waals surface area contributed by atoms with Crippen molar-refractivity contribution >= 4 is 8.24 Å². The second-order valence-electron chi connectivity index (χ2n) is 4.47. The first-order valence-corrected chi connectivity index (χ1v) is 8.67.